The average molecular weight is 420 g/mol. The third-order valence-electron chi connectivity index (χ3n) is 4.23. The zero-order valence-electron chi connectivity index (χ0n) is 14.9. The molecule has 6 nitrogen and oxygen atoms in total. The molecule has 1 unspecified atom stereocenters. The number of sulfonamides is 1. The first-order valence-electron chi connectivity index (χ1n) is 8.44. The number of hydrogen-bond acceptors (Lipinski definition) is 5. The molecule has 146 valence electrons. The van der Waals surface area contributed by atoms with E-state index in [0.717, 1.165) is 0 Å². The molecule has 1 atom stereocenters. The van der Waals surface area contributed by atoms with Crippen molar-refractivity contribution in [1.82, 2.24) is 4.98 Å². The molecule has 3 rings (SSSR count). The van der Waals surface area contributed by atoms with Gasteiger partial charge in [-0.1, -0.05) is 19.1 Å². The van der Waals surface area contributed by atoms with Gasteiger partial charge in [-0.3, -0.25) is 4.79 Å². The van der Waals surface area contributed by atoms with Gasteiger partial charge in [-0.25, -0.2) is 22.1 Å². The van der Waals surface area contributed by atoms with Crippen molar-refractivity contribution in [3.63, 3.8) is 0 Å². The fraction of sp³-hybridized carbons (Fsp3) is 0.158. The highest BCUT2D eigenvalue weighted by Crippen LogP contribution is 2.36. The molecule has 0 bridgehead atoms. The molecule has 0 saturated carbocycles. The fourth-order valence-corrected chi connectivity index (χ4v) is 5.44. The first kappa shape index (κ1) is 20.0. The number of rotatable bonds is 7. The van der Waals surface area contributed by atoms with Crippen LogP contribution in [0.25, 0.3) is 0 Å². The predicted octanol–water partition coefficient (Wildman–Crippen LogP) is 3.73. The molecule has 1 heterocycles. The minimum atomic E-state index is -4.00. The van der Waals surface area contributed by atoms with Crippen molar-refractivity contribution in [3.05, 3.63) is 77.1 Å². The maximum Gasteiger partial charge on any atom is 0.266 e. The van der Waals surface area contributed by atoms with E-state index in [1.165, 1.54) is 58.2 Å². The monoisotopic (exact) mass is 419 g/mol. The number of nitrogens with two attached hydrogens (primary N) is 1. The Labute approximate surface area is 166 Å². The molecule has 2 N–H and O–H groups in total. The van der Waals surface area contributed by atoms with Gasteiger partial charge in [0.1, 0.15) is 5.82 Å². The molecule has 1 aromatic heterocycles. The lowest BCUT2D eigenvalue weighted by molar-refractivity contribution is 0.1000. The predicted molar refractivity (Wildman–Crippen MR) is 106 cm³/mol. The molecule has 0 fully saturated rings. The van der Waals surface area contributed by atoms with Crippen LogP contribution in [-0.4, -0.2) is 19.3 Å². The summed E-state index contributed by atoms with van der Waals surface area (Å²) >= 11 is 1.19. The Bertz CT molecular complexity index is 1050. The topological polar surface area (TPSA) is 93.4 Å². The number of carbonyl (C=O) groups excluding carboxylic acids is 1. The fourth-order valence-electron chi connectivity index (χ4n) is 2.85. The molecule has 9 heteroatoms. The number of benzene rings is 2. The lowest BCUT2D eigenvalue weighted by atomic mass is 10.1. The van der Waals surface area contributed by atoms with E-state index in [1.807, 2.05) is 6.92 Å². The molecule has 0 radical (unpaired) electrons. The minimum Gasteiger partial charge on any atom is -0.366 e. The van der Waals surface area contributed by atoms with Crippen molar-refractivity contribution in [2.45, 2.75) is 24.3 Å². The van der Waals surface area contributed by atoms with Crippen molar-refractivity contribution in [2.24, 2.45) is 5.73 Å². The number of carbonyl (C=O) groups is 1. The highest BCUT2D eigenvalue weighted by molar-refractivity contribution is 7.93. The normalized spacial score (nSPS) is 12.5. The van der Waals surface area contributed by atoms with Gasteiger partial charge in [-0.2, -0.15) is 0 Å². The lowest BCUT2D eigenvalue weighted by Crippen LogP contribution is -2.35. The van der Waals surface area contributed by atoms with E-state index in [-0.39, 0.29) is 10.5 Å². The Balaban J connectivity index is 2.11. The van der Waals surface area contributed by atoms with Crippen LogP contribution in [0.4, 0.5) is 9.52 Å². The van der Waals surface area contributed by atoms with Gasteiger partial charge in [-0.15, -0.1) is 11.3 Å². The molecule has 2 aromatic carbocycles. The number of hydrogen-bond donors (Lipinski definition) is 1. The lowest BCUT2D eigenvalue weighted by Gasteiger charge is -2.30. The summed E-state index contributed by atoms with van der Waals surface area (Å²) in [5.41, 5.74) is 6.09. The first-order chi connectivity index (χ1) is 13.3. The van der Waals surface area contributed by atoms with Crippen LogP contribution in [0, 0.1) is 5.82 Å². The van der Waals surface area contributed by atoms with E-state index in [0.29, 0.717) is 17.1 Å². The quantitative estimate of drug-likeness (QED) is 0.631. The molecule has 0 aliphatic heterocycles. The summed E-state index contributed by atoms with van der Waals surface area (Å²) in [6, 6.07) is 10.6. The highest BCUT2D eigenvalue weighted by Gasteiger charge is 2.33. The average Bonchev–Trinajstić information content (AvgIpc) is 3.20. The van der Waals surface area contributed by atoms with Gasteiger partial charge in [0, 0.05) is 17.1 Å². The van der Waals surface area contributed by atoms with Crippen molar-refractivity contribution in [1.29, 1.82) is 0 Å². The van der Waals surface area contributed by atoms with E-state index in [9.17, 15) is 17.6 Å². The summed E-state index contributed by atoms with van der Waals surface area (Å²) in [6.45, 7) is 1.85. The molecule has 0 spiro atoms. The second-order valence-corrected chi connectivity index (χ2v) is 8.67. The Morgan fingerprint density at radius 3 is 2.32 bits per heavy atom. The molecule has 0 aliphatic carbocycles. The van der Waals surface area contributed by atoms with Crippen LogP contribution in [0.2, 0.25) is 0 Å². The van der Waals surface area contributed by atoms with Gasteiger partial charge in [0.15, 0.2) is 5.13 Å². The Kier molecular flexibility index (Phi) is 5.76. The summed E-state index contributed by atoms with van der Waals surface area (Å²) in [6.07, 6.45) is 1.97. The minimum absolute atomic E-state index is 0.00765. The summed E-state index contributed by atoms with van der Waals surface area (Å²) in [7, 11) is -4.00. The van der Waals surface area contributed by atoms with Crippen molar-refractivity contribution >= 4 is 32.4 Å². The molecule has 28 heavy (non-hydrogen) atoms. The number of halogens is 1. The molecule has 0 saturated heterocycles. The third kappa shape index (κ3) is 3.90. The molecular formula is C19H18FN3O3S2. The van der Waals surface area contributed by atoms with Crippen LogP contribution in [0.3, 0.4) is 0 Å². The number of primary amides is 1. The smallest absolute Gasteiger partial charge is 0.266 e. The van der Waals surface area contributed by atoms with E-state index in [1.54, 1.807) is 17.5 Å². The standard InChI is InChI=1S/C19H18FN3O3S2/c1-2-17(13-3-7-15(20)8-4-13)23(19-22-11-12-27-19)28(25,26)16-9-5-14(6-10-16)18(21)24/h3-12,17H,2H2,1H3,(H2,21,24). The van der Waals surface area contributed by atoms with Crippen molar-refractivity contribution in [3.8, 4) is 0 Å². The van der Waals surface area contributed by atoms with E-state index in [4.69, 9.17) is 5.73 Å². The summed E-state index contributed by atoms with van der Waals surface area (Å²) in [4.78, 5) is 15.5. The maximum atomic E-state index is 13.5. The van der Waals surface area contributed by atoms with Crippen LogP contribution in [0.5, 0.6) is 0 Å². The van der Waals surface area contributed by atoms with Crippen LogP contribution in [0.1, 0.15) is 35.3 Å². The van der Waals surface area contributed by atoms with E-state index < -0.39 is 27.8 Å². The van der Waals surface area contributed by atoms with Crippen molar-refractivity contribution < 1.29 is 17.6 Å². The number of anilines is 1. The molecule has 0 aliphatic rings. The van der Waals surface area contributed by atoms with E-state index >= 15 is 0 Å². The Hall–Kier alpha value is -2.78. The number of amides is 1. The zero-order valence-corrected chi connectivity index (χ0v) is 16.6. The largest absolute Gasteiger partial charge is 0.366 e. The summed E-state index contributed by atoms with van der Waals surface area (Å²) in [5, 5.41) is 1.99. The zero-order chi connectivity index (χ0) is 20.3. The second kappa shape index (κ2) is 8.07. The maximum absolute atomic E-state index is 13.5. The van der Waals surface area contributed by atoms with Crippen molar-refractivity contribution in [2.75, 3.05) is 4.31 Å². The van der Waals surface area contributed by atoms with Crippen LogP contribution < -0.4 is 10.0 Å². The van der Waals surface area contributed by atoms with Gasteiger partial charge in [-0.05, 0) is 48.4 Å². The number of thiazole rings is 1. The van der Waals surface area contributed by atoms with Gasteiger partial charge >= 0.3 is 0 Å². The number of aromatic nitrogens is 1. The van der Waals surface area contributed by atoms with Crippen LogP contribution >= 0.6 is 11.3 Å². The number of nitrogens with zero attached hydrogens (tertiary/aromatic N) is 2. The second-order valence-electron chi connectivity index (χ2n) is 5.98. The van der Waals surface area contributed by atoms with Gasteiger partial charge < -0.3 is 5.73 Å². The third-order valence-corrected chi connectivity index (χ3v) is 6.93. The van der Waals surface area contributed by atoms with Gasteiger partial charge in [0.25, 0.3) is 10.0 Å². The SMILES string of the molecule is CCC(c1ccc(F)cc1)N(c1nccs1)S(=O)(=O)c1ccc(C(N)=O)cc1. The molecule has 1 amide bonds. The summed E-state index contributed by atoms with van der Waals surface area (Å²) in [5.74, 6) is -1.04. The Morgan fingerprint density at radius 1 is 1.18 bits per heavy atom. The Morgan fingerprint density at radius 2 is 1.82 bits per heavy atom. The first-order valence-corrected chi connectivity index (χ1v) is 10.8. The molecular weight excluding hydrogens is 401 g/mol. The van der Waals surface area contributed by atoms with Crippen LogP contribution in [0.15, 0.2) is 65.0 Å². The van der Waals surface area contributed by atoms with Gasteiger partial charge in [0.05, 0.1) is 10.9 Å². The van der Waals surface area contributed by atoms with Crippen LogP contribution in [-0.2, 0) is 10.0 Å². The van der Waals surface area contributed by atoms with Gasteiger partial charge in [0.2, 0.25) is 5.91 Å². The highest BCUT2D eigenvalue weighted by atomic mass is 32.2. The molecule has 3 aromatic rings. The van der Waals surface area contributed by atoms with E-state index in [2.05, 4.69) is 4.98 Å². The summed E-state index contributed by atoms with van der Waals surface area (Å²) < 4.78 is 41.5.